The molecular weight excluding hydrogens is 250 g/mol. The number of hydrogen-bond donors (Lipinski definition) is 1. The van der Waals surface area contributed by atoms with Crippen LogP contribution in [0, 0.1) is 0 Å². The van der Waals surface area contributed by atoms with Gasteiger partial charge >= 0.3 is 0 Å². The lowest BCUT2D eigenvalue weighted by Gasteiger charge is -2.23. The lowest BCUT2D eigenvalue weighted by atomic mass is 10.2. The molecule has 1 N–H and O–H groups in total. The number of hydrogen-bond acceptors (Lipinski definition) is 2. The van der Waals surface area contributed by atoms with Crippen molar-refractivity contribution in [2.45, 2.75) is 33.1 Å². The van der Waals surface area contributed by atoms with Crippen molar-refractivity contribution in [3.05, 3.63) is 47.2 Å². The van der Waals surface area contributed by atoms with E-state index in [-0.39, 0.29) is 6.61 Å². The lowest BCUT2D eigenvalue weighted by molar-refractivity contribution is 0.200. The quantitative estimate of drug-likeness (QED) is 0.773. The Hall–Kier alpha value is -0.903. The van der Waals surface area contributed by atoms with Gasteiger partial charge in [0.15, 0.2) is 0 Å². The summed E-state index contributed by atoms with van der Waals surface area (Å²) in [6, 6.07) is 10.5. The molecule has 1 aromatic carbocycles. The topological polar surface area (TPSA) is 23.5 Å². The second-order valence-corrected chi connectivity index (χ2v) is 11.3. The standard InChI is InChI=1S/C16H27NOSi/c1-15(14-19(2,3)4)12-17(10-11-18)13-16-8-6-5-7-9-16/h5-9,14,18H,10-13H2,1-4H3/b15-14-. The van der Waals surface area contributed by atoms with Gasteiger partial charge in [-0.25, -0.2) is 0 Å². The fourth-order valence-electron chi connectivity index (χ4n) is 2.33. The normalized spacial score (nSPS) is 13.1. The van der Waals surface area contributed by atoms with Gasteiger partial charge in [-0.3, -0.25) is 4.90 Å². The minimum Gasteiger partial charge on any atom is -0.395 e. The van der Waals surface area contributed by atoms with Crippen LogP contribution >= 0.6 is 0 Å². The van der Waals surface area contributed by atoms with Gasteiger partial charge in [0.2, 0.25) is 0 Å². The van der Waals surface area contributed by atoms with Gasteiger partial charge in [-0.1, -0.05) is 61.2 Å². The highest BCUT2D eigenvalue weighted by atomic mass is 28.3. The van der Waals surface area contributed by atoms with Crippen molar-refractivity contribution in [2.75, 3.05) is 19.7 Å². The summed E-state index contributed by atoms with van der Waals surface area (Å²) >= 11 is 0. The number of rotatable bonds is 7. The van der Waals surface area contributed by atoms with Crippen molar-refractivity contribution in [2.24, 2.45) is 0 Å². The Morgan fingerprint density at radius 3 is 2.37 bits per heavy atom. The van der Waals surface area contributed by atoms with Gasteiger partial charge < -0.3 is 5.11 Å². The van der Waals surface area contributed by atoms with E-state index in [9.17, 15) is 5.11 Å². The first kappa shape index (κ1) is 16.2. The third-order valence-electron chi connectivity index (χ3n) is 2.82. The lowest BCUT2D eigenvalue weighted by Crippen LogP contribution is -2.29. The molecule has 0 amide bonds. The van der Waals surface area contributed by atoms with Crippen LogP contribution in [0.3, 0.4) is 0 Å². The summed E-state index contributed by atoms with van der Waals surface area (Å²) in [6.07, 6.45) is 0. The second-order valence-electron chi connectivity index (χ2n) is 6.28. The summed E-state index contributed by atoms with van der Waals surface area (Å²) in [6.45, 7) is 12.0. The molecule has 0 aliphatic carbocycles. The van der Waals surface area contributed by atoms with E-state index in [1.807, 2.05) is 6.07 Å². The average Bonchev–Trinajstić information content (AvgIpc) is 2.27. The van der Waals surface area contributed by atoms with E-state index in [0.29, 0.717) is 0 Å². The highest BCUT2D eigenvalue weighted by Crippen LogP contribution is 2.10. The molecule has 0 spiro atoms. The highest BCUT2D eigenvalue weighted by Gasteiger charge is 2.11. The molecule has 0 saturated carbocycles. The molecule has 1 aromatic rings. The molecule has 0 aliphatic heterocycles. The molecule has 0 bridgehead atoms. The van der Waals surface area contributed by atoms with Gasteiger partial charge in [-0.2, -0.15) is 0 Å². The largest absolute Gasteiger partial charge is 0.395 e. The first-order valence-electron chi connectivity index (χ1n) is 6.96. The molecule has 0 saturated heterocycles. The van der Waals surface area contributed by atoms with Crippen molar-refractivity contribution in [3.63, 3.8) is 0 Å². The van der Waals surface area contributed by atoms with Gasteiger partial charge in [-0.15, -0.1) is 0 Å². The smallest absolute Gasteiger partial charge is 0.0686 e. The van der Waals surface area contributed by atoms with E-state index in [0.717, 1.165) is 19.6 Å². The maximum Gasteiger partial charge on any atom is 0.0686 e. The summed E-state index contributed by atoms with van der Waals surface area (Å²) in [4.78, 5) is 2.31. The summed E-state index contributed by atoms with van der Waals surface area (Å²) in [5.74, 6) is 0. The summed E-state index contributed by atoms with van der Waals surface area (Å²) in [5, 5.41) is 9.21. The molecule has 2 nitrogen and oxygen atoms in total. The maximum absolute atomic E-state index is 9.21. The predicted octanol–water partition coefficient (Wildman–Crippen LogP) is 3.30. The van der Waals surface area contributed by atoms with Crippen molar-refractivity contribution in [1.29, 1.82) is 0 Å². The van der Waals surface area contributed by atoms with Crippen LogP contribution in [-0.2, 0) is 6.54 Å². The first-order chi connectivity index (χ1) is 8.90. The molecule has 19 heavy (non-hydrogen) atoms. The fraction of sp³-hybridized carbons (Fsp3) is 0.500. The third-order valence-corrected chi connectivity index (χ3v) is 4.18. The van der Waals surface area contributed by atoms with E-state index in [1.165, 1.54) is 11.1 Å². The molecule has 0 heterocycles. The van der Waals surface area contributed by atoms with Crippen molar-refractivity contribution in [3.8, 4) is 0 Å². The van der Waals surface area contributed by atoms with Gasteiger partial charge in [0.05, 0.1) is 14.7 Å². The van der Waals surface area contributed by atoms with Crippen LogP contribution in [-0.4, -0.2) is 37.8 Å². The van der Waals surface area contributed by atoms with E-state index in [2.05, 4.69) is 61.4 Å². The first-order valence-corrected chi connectivity index (χ1v) is 10.5. The van der Waals surface area contributed by atoms with Gasteiger partial charge in [-0.05, 0) is 12.5 Å². The van der Waals surface area contributed by atoms with Crippen LogP contribution in [0.5, 0.6) is 0 Å². The Morgan fingerprint density at radius 2 is 1.84 bits per heavy atom. The molecule has 3 heteroatoms. The minimum absolute atomic E-state index is 0.215. The van der Waals surface area contributed by atoms with Crippen LogP contribution < -0.4 is 0 Å². The Bertz CT molecular complexity index is 395. The van der Waals surface area contributed by atoms with Gasteiger partial charge in [0.25, 0.3) is 0 Å². The zero-order valence-corrected chi connectivity index (χ0v) is 13.7. The summed E-state index contributed by atoms with van der Waals surface area (Å²) in [5.41, 5.74) is 5.17. The average molecular weight is 277 g/mol. The third kappa shape index (κ3) is 7.30. The van der Waals surface area contributed by atoms with E-state index in [4.69, 9.17) is 0 Å². The monoisotopic (exact) mass is 277 g/mol. The van der Waals surface area contributed by atoms with Crippen LogP contribution in [0.25, 0.3) is 0 Å². The molecular formula is C16H27NOSi. The second kappa shape index (κ2) is 7.63. The van der Waals surface area contributed by atoms with Gasteiger partial charge in [0, 0.05) is 19.6 Å². The van der Waals surface area contributed by atoms with E-state index in [1.54, 1.807) is 0 Å². The van der Waals surface area contributed by atoms with E-state index < -0.39 is 8.07 Å². The zero-order valence-electron chi connectivity index (χ0n) is 12.7. The number of benzene rings is 1. The number of aliphatic hydroxyl groups is 1. The van der Waals surface area contributed by atoms with Gasteiger partial charge in [0.1, 0.15) is 0 Å². The molecule has 0 aliphatic rings. The number of aliphatic hydroxyl groups excluding tert-OH is 1. The molecule has 0 atom stereocenters. The Kier molecular flexibility index (Phi) is 6.49. The fourth-order valence-corrected chi connectivity index (χ4v) is 3.90. The summed E-state index contributed by atoms with van der Waals surface area (Å²) < 4.78 is 0. The zero-order chi connectivity index (χ0) is 14.3. The van der Waals surface area contributed by atoms with Crippen molar-refractivity contribution < 1.29 is 5.11 Å². The van der Waals surface area contributed by atoms with Crippen molar-refractivity contribution in [1.82, 2.24) is 4.90 Å². The Labute approximate surface area is 118 Å². The summed E-state index contributed by atoms with van der Waals surface area (Å²) in [7, 11) is -1.15. The Morgan fingerprint density at radius 1 is 1.21 bits per heavy atom. The molecule has 0 aromatic heterocycles. The van der Waals surface area contributed by atoms with Crippen LogP contribution in [0.2, 0.25) is 19.6 Å². The minimum atomic E-state index is -1.15. The predicted molar refractivity (Wildman–Crippen MR) is 85.9 cm³/mol. The van der Waals surface area contributed by atoms with Crippen LogP contribution in [0.4, 0.5) is 0 Å². The van der Waals surface area contributed by atoms with Crippen LogP contribution in [0.15, 0.2) is 41.6 Å². The Balaban J connectivity index is 2.65. The molecule has 106 valence electrons. The van der Waals surface area contributed by atoms with Crippen molar-refractivity contribution >= 4 is 8.07 Å². The highest BCUT2D eigenvalue weighted by molar-refractivity contribution is 6.81. The molecule has 0 unspecified atom stereocenters. The maximum atomic E-state index is 9.21. The SMILES string of the molecule is C/C(=C/[Si](C)(C)C)CN(CCO)Cc1ccccc1. The van der Waals surface area contributed by atoms with Crippen LogP contribution in [0.1, 0.15) is 12.5 Å². The number of nitrogens with zero attached hydrogens (tertiary/aromatic N) is 1. The van der Waals surface area contributed by atoms with E-state index >= 15 is 0 Å². The molecule has 0 radical (unpaired) electrons. The molecule has 0 fully saturated rings. The molecule has 1 rings (SSSR count).